The lowest BCUT2D eigenvalue weighted by atomic mass is 9.87. The molecule has 0 amide bonds. The van der Waals surface area contributed by atoms with Crippen LogP contribution in [0.1, 0.15) is 29.0 Å². The molecular formula is C33H37NO4. The van der Waals surface area contributed by atoms with Crippen LogP contribution in [0.2, 0.25) is 0 Å². The fraction of sp³-hybridized carbons (Fsp3) is 0.333. The van der Waals surface area contributed by atoms with Gasteiger partial charge in [-0.3, -0.25) is 0 Å². The van der Waals surface area contributed by atoms with E-state index in [0.717, 1.165) is 30.8 Å². The summed E-state index contributed by atoms with van der Waals surface area (Å²) < 4.78 is 23.9. The maximum absolute atomic E-state index is 6.46. The van der Waals surface area contributed by atoms with Crippen molar-refractivity contribution in [3.8, 4) is 5.75 Å². The molecule has 0 spiro atoms. The summed E-state index contributed by atoms with van der Waals surface area (Å²) in [6.07, 6.45) is 1.03. The highest BCUT2D eigenvalue weighted by Gasteiger charge is 2.27. The third-order valence-corrected chi connectivity index (χ3v) is 7.13. The van der Waals surface area contributed by atoms with Crippen LogP contribution in [-0.4, -0.2) is 45.6 Å². The van der Waals surface area contributed by atoms with Gasteiger partial charge in [0.2, 0.25) is 0 Å². The molecule has 5 heteroatoms. The molecule has 4 aromatic rings. The summed E-state index contributed by atoms with van der Waals surface area (Å²) in [7, 11) is 1.69. The lowest BCUT2D eigenvalue weighted by molar-refractivity contribution is -0.0339. The Morgan fingerprint density at radius 2 is 1.58 bits per heavy atom. The van der Waals surface area contributed by atoms with Gasteiger partial charge in [-0.05, 0) is 58.6 Å². The third-order valence-electron chi connectivity index (χ3n) is 7.13. The van der Waals surface area contributed by atoms with Gasteiger partial charge in [-0.25, -0.2) is 0 Å². The highest BCUT2D eigenvalue weighted by Crippen LogP contribution is 2.30. The summed E-state index contributed by atoms with van der Waals surface area (Å²) in [6, 6.07) is 33.6. The summed E-state index contributed by atoms with van der Waals surface area (Å²) in [5.74, 6) is 1.18. The standard InChI is InChI=1S/C33H37NO4/c1-35-23-31(36-21-25-7-3-2-4-8-25)24-37-30-15-13-28(14-16-30)32-17-18-34-20-33(32)38-22-26-11-12-27-9-5-6-10-29(27)19-26/h2-16,19,31-34H,17-18,20-24H2,1H3. The summed E-state index contributed by atoms with van der Waals surface area (Å²) in [6.45, 7) is 3.91. The first-order valence-electron chi connectivity index (χ1n) is 13.5. The number of ether oxygens (including phenoxy) is 4. The molecule has 1 saturated heterocycles. The van der Waals surface area contributed by atoms with Gasteiger partial charge in [-0.15, -0.1) is 0 Å². The zero-order valence-corrected chi connectivity index (χ0v) is 22.1. The van der Waals surface area contributed by atoms with E-state index >= 15 is 0 Å². The summed E-state index contributed by atoms with van der Waals surface area (Å²) in [5.41, 5.74) is 3.63. The molecular weight excluding hydrogens is 474 g/mol. The highest BCUT2D eigenvalue weighted by molar-refractivity contribution is 5.82. The molecule has 0 aromatic heterocycles. The molecule has 3 unspecified atom stereocenters. The van der Waals surface area contributed by atoms with Crippen LogP contribution in [0.25, 0.3) is 10.8 Å². The van der Waals surface area contributed by atoms with E-state index in [9.17, 15) is 0 Å². The second-order valence-corrected chi connectivity index (χ2v) is 9.88. The molecule has 198 valence electrons. The van der Waals surface area contributed by atoms with Crippen molar-refractivity contribution >= 4 is 10.8 Å². The predicted molar refractivity (Wildman–Crippen MR) is 152 cm³/mol. The monoisotopic (exact) mass is 511 g/mol. The van der Waals surface area contributed by atoms with Crippen molar-refractivity contribution in [2.24, 2.45) is 0 Å². The van der Waals surface area contributed by atoms with Crippen LogP contribution in [0.3, 0.4) is 0 Å². The Kier molecular flexibility index (Phi) is 9.40. The molecule has 5 nitrogen and oxygen atoms in total. The van der Waals surface area contributed by atoms with Crippen molar-refractivity contribution in [1.82, 2.24) is 5.32 Å². The first-order valence-corrected chi connectivity index (χ1v) is 13.5. The van der Waals surface area contributed by atoms with E-state index < -0.39 is 0 Å². The summed E-state index contributed by atoms with van der Waals surface area (Å²) >= 11 is 0. The summed E-state index contributed by atoms with van der Waals surface area (Å²) in [4.78, 5) is 0. The Morgan fingerprint density at radius 3 is 2.39 bits per heavy atom. The molecule has 0 saturated carbocycles. The van der Waals surface area contributed by atoms with E-state index in [4.69, 9.17) is 18.9 Å². The van der Waals surface area contributed by atoms with Gasteiger partial charge in [-0.2, -0.15) is 0 Å². The minimum absolute atomic E-state index is 0.124. The van der Waals surface area contributed by atoms with Gasteiger partial charge in [0, 0.05) is 19.6 Å². The first-order chi connectivity index (χ1) is 18.8. The minimum atomic E-state index is -0.141. The maximum atomic E-state index is 6.46. The van der Waals surface area contributed by atoms with Crippen LogP contribution in [0, 0.1) is 0 Å². The molecule has 0 aliphatic carbocycles. The van der Waals surface area contributed by atoms with Gasteiger partial charge >= 0.3 is 0 Å². The van der Waals surface area contributed by atoms with E-state index in [-0.39, 0.29) is 12.2 Å². The second-order valence-electron chi connectivity index (χ2n) is 9.88. The molecule has 1 heterocycles. The van der Waals surface area contributed by atoms with Gasteiger partial charge in [0.1, 0.15) is 18.5 Å². The van der Waals surface area contributed by atoms with Crippen molar-refractivity contribution in [1.29, 1.82) is 0 Å². The van der Waals surface area contributed by atoms with Gasteiger partial charge in [0.25, 0.3) is 0 Å². The van der Waals surface area contributed by atoms with E-state index in [2.05, 4.69) is 84.2 Å². The van der Waals surface area contributed by atoms with Crippen LogP contribution in [0.15, 0.2) is 97.1 Å². The number of hydrogen-bond acceptors (Lipinski definition) is 5. The van der Waals surface area contributed by atoms with Gasteiger partial charge < -0.3 is 24.3 Å². The van der Waals surface area contributed by atoms with Crippen molar-refractivity contribution < 1.29 is 18.9 Å². The topological polar surface area (TPSA) is 49.0 Å². The lowest BCUT2D eigenvalue weighted by Crippen LogP contribution is -2.40. The van der Waals surface area contributed by atoms with E-state index in [0.29, 0.717) is 32.3 Å². The molecule has 3 atom stereocenters. The van der Waals surface area contributed by atoms with E-state index in [1.54, 1.807) is 7.11 Å². The van der Waals surface area contributed by atoms with Gasteiger partial charge in [0.15, 0.2) is 0 Å². The number of benzene rings is 4. The number of nitrogens with one attached hydrogen (secondary N) is 1. The molecule has 38 heavy (non-hydrogen) atoms. The van der Waals surface area contributed by atoms with Crippen molar-refractivity contribution in [2.75, 3.05) is 33.4 Å². The van der Waals surface area contributed by atoms with Gasteiger partial charge in [0.05, 0.1) is 25.9 Å². The normalized spacial score (nSPS) is 18.3. The first kappa shape index (κ1) is 26.4. The molecule has 1 fully saturated rings. The highest BCUT2D eigenvalue weighted by atomic mass is 16.6. The third kappa shape index (κ3) is 7.21. The predicted octanol–water partition coefficient (Wildman–Crippen LogP) is 6.11. The zero-order valence-electron chi connectivity index (χ0n) is 22.1. The molecule has 0 radical (unpaired) electrons. The quantitative estimate of drug-likeness (QED) is 0.249. The Morgan fingerprint density at radius 1 is 0.789 bits per heavy atom. The Hall–Kier alpha value is -3.22. The van der Waals surface area contributed by atoms with Crippen LogP contribution in [0.4, 0.5) is 0 Å². The molecule has 1 N–H and O–H groups in total. The second kappa shape index (κ2) is 13.5. The number of rotatable bonds is 12. The average molecular weight is 512 g/mol. The Balaban J connectivity index is 1.15. The average Bonchev–Trinajstić information content (AvgIpc) is 2.98. The molecule has 4 aromatic carbocycles. The van der Waals surface area contributed by atoms with E-state index in [1.165, 1.54) is 21.9 Å². The largest absolute Gasteiger partial charge is 0.491 e. The number of piperidine rings is 1. The Labute approximate surface area is 225 Å². The number of fused-ring (bicyclic) bond motifs is 1. The molecule has 5 rings (SSSR count). The minimum Gasteiger partial charge on any atom is -0.491 e. The van der Waals surface area contributed by atoms with E-state index in [1.807, 2.05) is 18.2 Å². The summed E-state index contributed by atoms with van der Waals surface area (Å²) in [5, 5.41) is 6.01. The van der Waals surface area contributed by atoms with Crippen LogP contribution < -0.4 is 10.1 Å². The van der Waals surface area contributed by atoms with Crippen molar-refractivity contribution in [3.63, 3.8) is 0 Å². The Bertz CT molecular complexity index is 1260. The SMILES string of the molecule is COCC(COc1ccc(C2CCNCC2OCc2ccc3ccccc3c2)cc1)OCc1ccccc1. The molecule has 0 bridgehead atoms. The smallest absolute Gasteiger partial charge is 0.119 e. The number of hydrogen-bond donors (Lipinski definition) is 1. The van der Waals surface area contributed by atoms with Crippen molar-refractivity contribution in [2.45, 2.75) is 37.8 Å². The number of methoxy groups -OCH3 is 1. The molecule has 1 aliphatic heterocycles. The maximum Gasteiger partial charge on any atom is 0.119 e. The van der Waals surface area contributed by atoms with Crippen molar-refractivity contribution in [3.05, 3.63) is 114 Å². The zero-order chi connectivity index (χ0) is 26.0. The fourth-order valence-corrected chi connectivity index (χ4v) is 5.04. The fourth-order valence-electron chi connectivity index (χ4n) is 5.04. The van der Waals surface area contributed by atoms with Gasteiger partial charge in [-0.1, -0.05) is 78.9 Å². The lowest BCUT2D eigenvalue weighted by Gasteiger charge is -2.32. The van der Waals surface area contributed by atoms with Crippen LogP contribution in [0.5, 0.6) is 5.75 Å². The molecule has 1 aliphatic rings. The van der Waals surface area contributed by atoms with Crippen LogP contribution >= 0.6 is 0 Å². The van der Waals surface area contributed by atoms with Crippen LogP contribution in [-0.2, 0) is 27.4 Å².